The first kappa shape index (κ1) is 20.1. The second-order valence-electron chi connectivity index (χ2n) is 4.61. The van der Waals surface area contributed by atoms with Gasteiger partial charge in [0.15, 0.2) is 5.75 Å². The van der Waals surface area contributed by atoms with Crippen molar-refractivity contribution in [2.45, 2.75) is 20.8 Å². The molecule has 0 saturated carbocycles. The number of hydrogen-bond donors (Lipinski definition) is 1. The maximum absolute atomic E-state index is 11.3. The number of allylic oxidation sites excluding steroid dienone is 2. The Labute approximate surface area is 135 Å². The molecule has 1 aromatic heterocycles. The van der Waals surface area contributed by atoms with Crippen LogP contribution in [0.15, 0.2) is 47.8 Å². The SMILES string of the molecule is C=C(C)C=O.C=CC.CC(=O)Oc1cccc2c1[nH]c(=O)n2C. The van der Waals surface area contributed by atoms with Crippen LogP contribution in [0.2, 0.25) is 0 Å². The second kappa shape index (κ2) is 9.94. The number of nitrogens with one attached hydrogen (secondary N) is 1. The molecule has 0 aliphatic carbocycles. The normalized spacial score (nSPS) is 8.87. The third kappa shape index (κ3) is 6.60. The molecule has 0 aliphatic rings. The van der Waals surface area contributed by atoms with Gasteiger partial charge in [0.1, 0.15) is 11.8 Å². The number of imidazole rings is 1. The molecule has 23 heavy (non-hydrogen) atoms. The monoisotopic (exact) mass is 318 g/mol. The van der Waals surface area contributed by atoms with Crippen LogP contribution in [0.1, 0.15) is 20.8 Å². The van der Waals surface area contributed by atoms with Crippen LogP contribution in [0.4, 0.5) is 0 Å². The lowest BCUT2D eigenvalue weighted by Gasteiger charge is -2.01. The zero-order chi connectivity index (χ0) is 18.0. The van der Waals surface area contributed by atoms with Crippen molar-refractivity contribution in [1.29, 1.82) is 0 Å². The van der Waals surface area contributed by atoms with E-state index in [1.165, 1.54) is 11.5 Å². The number of nitrogens with zero attached hydrogens (tertiary/aromatic N) is 1. The summed E-state index contributed by atoms with van der Waals surface area (Å²) in [4.78, 5) is 34.2. The van der Waals surface area contributed by atoms with E-state index in [1.807, 2.05) is 6.92 Å². The number of aldehydes is 1. The predicted octanol–water partition coefficient (Wildman–Crippen LogP) is 2.75. The van der Waals surface area contributed by atoms with Crippen molar-refractivity contribution in [3.63, 3.8) is 0 Å². The van der Waals surface area contributed by atoms with E-state index >= 15 is 0 Å². The lowest BCUT2D eigenvalue weighted by atomic mass is 10.3. The Morgan fingerprint density at radius 3 is 2.30 bits per heavy atom. The second-order valence-corrected chi connectivity index (χ2v) is 4.61. The summed E-state index contributed by atoms with van der Waals surface area (Å²) >= 11 is 0. The average Bonchev–Trinajstić information content (AvgIpc) is 2.77. The Bertz CT molecular complexity index is 754. The zero-order valence-electron chi connectivity index (χ0n) is 13.9. The van der Waals surface area contributed by atoms with Gasteiger partial charge in [-0.3, -0.25) is 14.2 Å². The smallest absolute Gasteiger partial charge is 0.326 e. The number of aromatic amines is 1. The Hall–Kier alpha value is -2.89. The average molecular weight is 318 g/mol. The van der Waals surface area contributed by atoms with Crippen LogP contribution >= 0.6 is 0 Å². The minimum atomic E-state index is -0.410. The summed E-state index contributed by atoms with van der Waals surface area (Å²) in [6.07, 6.45) is 2.47. The molecule has 2 aromatic rings. The van der Waals surface area contributed by atoms with Crippen molar-refractivity contribution in [1.82, 2.24) is 9.55 Å². The summed E-state index contributed by atoms with van der Waals surface area (Å²) in [5.41, 5.74) is 1.59. The third-order valence-electron chi connectivity index (χ3n) is 2.36. The first-order chi connectivity index (χ1) is 10.8. The number of aryl methyl sites for hydroxylation is 1. The van der Waals surface area contributed by atoms with Gasteiger partial charge in [-0.2, -0.15) is 0 Å². The van der Waals surface area contributed by atoms with E-state index in [-0.39, 0.29) is 5.69 Å². The highest BCUT2D eigenvalue weighted by atomic mass is 16.5. The molecule has 1 aromatic carbocycles. The lowest BCUT2D eigenvalue weighted by molar-refractivity contribution is -0.131. The van der Waals surface area contributed by atoms with E-state index < -0.39 is 5.97 Å². The van der Waals surface area contributed by atoms with Crippen molar-refractivity contribution in [2.75, 3.05) is 0 Å². The molecule has 0 amide bonds. The fraction of sp³-hybridized carbons (Fsp3) is 0.235. The molecule has 0 unspecified atom stereocenters. The van der Waals surface area contributed by atoms with Gasteiger partial charge in [0, 0.05) is 14.0 Å². The van der Waals surface area contributed by atoms with E-state index in [0.29, 0.717) is 22.4 Å². The zero-order valence-corrected chi connectivity index (χ0v) is 13.9. The highest BCUT2D eigenvalue weighted by molar-refractivity contribution is 5.84. The van der Waals surface area contributed by atoms with Gasteiger partial charge in [-0.1, -0.05) is 18.7 Å². The molecule has 124 valence electrons. The molecule has 2 rings (SSSR count). The summed E-state index contributed by atoms with van der Waals surface area (Å²) in [6.45, 7) is 11.5. The van der Waals surface area contributed by atoms with Crippen molar-refractivity contribution >= 4 is 23.3 Å². The Kier molecular flexibility index (Phi) is 8.69. The molecule has 0 radical (unpaired) electrons. The Morgan fingerprint density at radius 2 is 1.87 bits per heavy atom. The van der Waals surface area contributed by atoms with Crippen molar-refractivity contribution in [3.05, 3.63) is 53.5 Å². The molecule has 1 N–H and O–H groups in total. The Balaban J connectivity index is 0.000000511. The molecule has 0 spiro atoms. The van der Waals surface area contributed by atoms with Gasteiger partial charge in [0.25, 0.3) is 0 Å². The first-order valence-corrected chi connectivity index (χ1v) is 6.82. The van der Waals surface area contributed by atoms with Crippen molar-refractivity contribution < 1.29 is 14.3 Å². The largest absolute Gasteiger partial charge is 0.424 e. The van der Waals surface area contributed by atoms with E-state index in [9.17, 15) is 14.4 Å². The third-order valence-corrected chi connectivity index (χ3v) is 2.36. The summed E-state index contributed by atoms with van der Waals surface area (Å²) < 4.78 is 6.43. The highest BCUT2D eigenvalue weighted by Crippen LogP contribution is 2.22. The number of carbonyl (C=O) groups excluding carboxylic acids is 2. The van der Waals surface area contributed by atoms with Gasteiger partial charge >= 0.3 is 11.7 Å². The van der Waals surface area contributed by atoms with Gasteiger partial charge in [-0.25, -0.2) is 4.79 Å². The summed E-state index contributed by atoms with van der Waals surface area (Å²) in [7, 11) is 1.65. The molecule has 0 aliphatic heterocycles. The fourth-order valence-electron chi connectivity index (χ4n) is 1.46. The minimum Gasteiger partial charge on any atom is -0.424 e. The van der Waals surface area contributed by atoms with Crippen LogP contribution in [0.3, 0.4) is 0 Å². The molecular weight excluding hydrogens is 296 g/mol. The topological polar surface area (TPSA) is 81.2 Å². The molecule has 1 heterocycles. The number of fused-ring (bicyclic) bond motifs is 1. The fourth-order valence-corrected chi connectivity index (χ4v) is 1.46. The quantitative estimate of drug-likeness (QED) is 0.303. The Morgan fingerprint density at radius 1 is 1.35 bits per heavy atom. The number of ether oxygens (including phenoxy) is 1. The number of para-hydroxylation sites is 1. The maximum atomic E-state index is 11.3. The number of H-pyrrole nitrogens is 1. The summed E-state index contributed by atoms with van der Waals surface area (Å²) in [5.74, 6) is -0.0371. The number of carbonyl (C=O) groups is 2. The summed E-state index contributed by atoms with van der Waals surface area (Å²) in [5, 5.41) is 0. The van der Waals surface area contributed by atoms with Crippen molar-refractivity contribution in [3.8, 4) is 5.75 Å². The van der Waals surface area contributed by atoms with Gasteiger partial charge in [-0.05, 0) is 31.6 Å². The molecule has 6 nitrogen and oxygen atoms in total. The van der Waals surface area contributed by atoms with E-state index in [4.69, 9.17) is 4.74 Å². The minimum absolute atomic E-state index is 0.232. The maximum Gasteiger partial charge on any atom is 0.326 e. The van der Waals surface area contributed by atoms with E-state index in [0.717, 1.165) is 6.29 Å². The lowest BCUT2D eigenvalue weighted by Crippen LogP contribution is -2.11. The molecule has 0 atom stereocenters. The highest BCUT2D eigenvalue weighted by Gasteiger charge is 2.09. The number of benzene rings is 1. The van der Waals surface area contributed by atoms with Crippen molar-refractivity contribution in [2.24, 2.45) is 7.05 Å². The number of aromatic nitrogens is 2. The molecular formula is C17H22N2O4. The van der Waals surface area contributed by atoms with Gasteiger partial charge < -0.3 is 9.72 Å². The standard InChI is InChI=1S/C10H10N2O3.C4H6O.C3H6/c1-6(13)15-8-5-3-4-7-9(8)11-10(14)12(7)2;1-4(2)3-5;1-3-2/h3-5H,1-2H3,(H,11,14);3H,1H2,2H3;3H,1H2,2H3. The first-order valence-electron chi connectivity index (χ1n) is 6.82. The van der Waals surface area contributed by atoms with Crippen LogP contribution in [0.25, 0.3) is 11.0 Å². The molecule has 0 bridgehead atoms. The van der Waals surface area contributed by atoms with Gasteiger partial charge in [-0.15, -0.1) is 6.58 Å². The van der Waals surface area contributed by atoms with Gasteiger partial charge in [0.05, 0.1) is 5.52 Å². The molecule has 0 saturated heterocycles. The van der Waals surface area contributed by atoms with Crippen LogP contribution < -0.4 is 10.4 Å². The van der Waals surface area contributed by atoms with Gasteiger partial charge in [0.2, 0.25) is 0 Å². The number of esters is 1. The van der Waals surface area contributed by atoms with E-state index in [1.54, 1.807) is 38.2 Å². The summed E-state index contributed by atoms with van der Waals surface area (Å²) in [6, 6.07) is 5.15. The van der Waals surface area contributed by atoms with Crippen LogP contribution in [-0.4, -0.2) is 21.8 Å². The van der Waals surface area contributed by atoms with Crippen LogP contribution in [0.5, 0.6) is 5.75 Å². The number of rotatable bonds is 2. The number of hydrogen-bond acceptors (Lipinski definition) is 4. The molecule has 6 heteroatoms. The van der Waals surface area contributed by atoms with Crippen LogP contribution in [-0.2, 0) is 16.6 Å². The van der Waals surface area contributed by atoms with E-state index in [2.05, 4.69) is 18.1 Å². The molecule has 0 fully saturated rings. The predicted molar refractivity (Wildman–Crippen MR) is 91.6 cm³/mol. The van der Waals surface area contributed by atoms with Crippen LogP contribution in [0, 0.1) is 0 Å².